The van der Waals surface area contributed by atoms with Crippen molar-refractivity contribution in [3.63, 3.8) is 0 Å². The van der Waals surface area contributed by atoms with E-state index in [1.807, 2.05) is 0 Å². The van der Waals surface area contributed by atoms with E-state index in [-0.39, 0.29) is 37.4 Å². The van der Waals surface area contributed by atoms with Crippen LogP contribution in [0.5, 0.6) is 5.75 Å². The van der Waals surface area contributed by atoms with Crippen LogP contribution in [0.15, 0.2) is 47.4 Å². The summed E-state index contributed by atoms with van der Waals surface area (Å²) >= 11 is 3.74. The van der Waals surface area contributed by atoms with Crippen molar-refractivity contribution < 1.29 is 42.1 Å². The standard InChI is InChI=1S/C21H21N3O10S2/c25-18-6-5-15(36(31,32)33)9-16(18)22-20(27)17-7-13(8-19(26)35)10-23(17)21(28)34-11-12-1-3-14(4-2-12)24(29)30/h1-6,9,13,17,25H,7-8,10-11H2,(H,22,27)(H,26,35)(H,31,32,33)/t13-,17-/m0/s1. The molecule has 1 heterocycles. The number of likely N-dealkylation sites (tertiary alicyclic amines) is 1. The van der Waals surface area contributed by atoms with Gasteiger partial charge in [-0.1, -0.05) is 0 Å². The molecule has 3 rings (SSSR count). The summed E-state index contributed by atoms with van der Waals surface area (Å²) in [7, 11) is -4.61. The second-order valence-corrected chi connectivity index (χ2v) is 9.91. The van der Waals surface area contributed by atoms with Gasteiger partial charge in [0.25, 0.3) is 15.8 Å². The lowest BCUT2D eigenvalue weighted by molar-refractivity contribution is -0.384. The van der Waals surface area contributed by atoms with Crippen LogP contribution in [0.2, 0.25) is 0 Å². The second kappa shape index (κ2) is 10.9. The van der Waals surface area contributed by atoms with Gasteiger partial charge in [-0.25, -0.2) is 4.79 Å². The summed E-state index contributed by atoms with van der Waals surface area (Å²) in [6.07, 6.45) is -0.856. The molecule has 13 nitrogen and oxygen atoms in total. The third kappa shape index (κ3) is 6.71. The maximum Gasteiger partial charge on any atom is 0.410 e. The lowest BCUT2D eigenvalue weighted by Gasteiger charge is -2.23. The highest BCUT2D eigenvalue weighted by Gasteiger charge is 2.41. The lowest BCUT2D eigenvalue weighted by Crippen LogP contribution is -2.43. The summed E-state index contributed by atoms with van der Waals surface area (Å²) < 4.78 is 37.2. The third-order valence-electron chi connectivity index (χ3n) is 5.42. The number of nitrogens with zero attached hydrogens (tertiary/aromatic N) is 2. The Hall–Kier alpha value is -3.69. The number of carbonyl (C=O) groups excluding carboxylic acids is 3. The quantitative estimate of drug-likeness (QED) is 0.127. The summed E-state index contributed by atoms with van der Waals surface area (Å²) in [6, 6.07) is 6.93. The zero-order chi connectivity index (χ0) is 26.6. The van der Waals surface area contributed by atoms with E-state index in [0.29, 0.717) is 5.56 Å². The number of rotatable bonds is 8. The fraction of sp³-hybridized carbons (Fsp3) is 0.286. The minimum Gasteiger partial charge on any atom is -0.506 e. The van der Waals surface area contributed by atoms with Crippen LogP contribution in [-0.4, -0.2) is 57.6 Å². The van der Waals surface area contributed by atoms with Crippen molar-refractivity contribution in [2.45, 2.75) is 30.4 Å². The van der Waals surface area contributed by atoms with Crippen LogP contribution in [0.4, 0.5) is 16.2 Å². The number of thiol groups is 1. The molecule has 1 aliphatic heterocycles. The number of nitro groups is 1. The molecule has 1 aliphatic rings. The third-order valence-corrected chi connectivity index (χ3v) is 6.45. The predicted octanol–water partition coefficient (Wildman–Crippen LogP) is 2.36. The molecule has 15 heteroatoms. The van der Waals surface area contributed by atoms with Gasteiger partial charge in [0.2, 0.25) is 5.91 Å². The topological polar surface area (TPSA) is 193 Å². The van der Waals surface area contributed by atoms with Gasteiger partial charge in [-0.3, -0.25) is 29.2 Å². The fourth-order valence-electron chi connectivity index (χ4n) is 3.70. The van der Waals surface area contributed by atoms with Crippen LogP contribution >= 0.6 is 12.6 Å². The first-order chi connectivity index (χ1) is 16.8. The van der Waals surface area contributed by atoms with Crippen LogP contribution < -0.4 is 5.32 Å². The number of non-ortho nitro benzene ring substituents is 1. The highest BCUT2D eigenvalue weighted by Crippen LogP contribution is 2.31. The maximum atomic E-state index is 13.0. The van der Waals surface area contributed by atoms with Gasteiger partial charge in [0.1, 0.15) is 18.4 Å². The molecule has 2 aromatic carbocycles. The molecule has 1 fully saturated rings. The van der Waals surface area contributed by atoms with Gasteiger partial charge in [-0.2, -0.15) is 8.42 Å². The number of hydrogen-bond donors (Lipinski definition) is 4. The summed E-state index contributed by atoms with van der Waals surface area (Å²) in [6.45, 7) is -0.254. The van der Waals surface area contributed by atoms with Gasteiger partial charge in [0, 0.05) is 25.1 Å². The minimum absolute atomic E-state index is 0.0134. The van der Waals surface area contributed by atoms with Gasteiger partial charge in [-0.15, -0.1) is 12.6 Å². The zero-order valence-electron chi connectivity index (χ0n) is 18.4. The van der Waals surface area contributed by atoms with Crippen molar-refractivity contribution in [3.8, 4) is 5.75 Å². The first-order valence-electron chi connectivity index (χ1n) is 10.3. The van der Waals surface area contributed by atoms with Gasteiger partial charge in [0.15, 0.2) is 5.12 Å². The van der Waals surface area contributed by atoms with E-state index in [4.69, 9.17) is 4.74 Å². The Labute approximate surface area is 210 Å². The number of phenols is 1. The van der Waals surface area contributed by atoms with E-state index in [1.165, 1.54) is 24.3 Å². The molecule has 0 aliphatic carbocycles. The zero-order valence-corrected chi connectivity index (χ0v) is 20.1. The maximum absolute atomic E-state index is 13.0. The number of nitro benzene ring substituents is 1. The van der Waals surface area contributed by atoms with Crippen molar-refractivity contribution in [2.75, 3.05) is 11.9 Å². The number of phenolic OH excluding ortho intramolecular Hbond substituents is 1. The van der Waals surface area contributed by atoms with Crippen LogP contribution in [0.1, 0.15) is 18.4 Å². The van der Waals surface area contributed by atoms with Crippen molar-refractivity contribution in [2.24, 2.45) is 5.92 Å². The molecule has 0 aromatic heterocycles. The molecule has 192 valence electrons. The molecule has 36 heavy (non-hydrogen) atoms. The van der Waals surface area contributed by atoms with Gasteiger partial charge < -0.3 is 15.2 Å². The molecule has 1 saturated heterocycles. The van der Waals surface area contributed by atoms with Crippen molar-refractivity contribution in [3.05, 3.63) is 58.1 Å². The number of anilines is 1. The monoisotopic (exact) mass is 539 g/mol. The number of nitrogens with one attached hydrogen (secondary N) is 1. The van der Waals surface area contributed by atoms with E-state index in [1.54, 1.807) is 0 Å². The molecule has 2 aromatic rings. The summed E-state index contributed by atoms with van der Waals surface area (Å²) in [5, 5.41) is 22.7. The Morgan fingerprint density at radius 1 is 1.19 bits per heavy atom. The van der Waals surface area contributed by atoms with Crippen LogP contribution in [0.3, 0.4) is 0 Å². The largest absolute Gasteiger partial charge is 0.506 e. The first kappa shape index (κ1) is 26.9. The molecule has 3 N–H and O–H groups in total. The van der Waals surface area contributed by atoms with Crippen LogP contribution in [0.25, 0.3) is 0 Å². The number of ether oxygens (including phenoxy) is 1. The molecular weight excluding hydrogens is 518 g/mol. The van der Waals surface area contributed by atoms with Gasteiger partial charge >= 0.3 is 6.09 Å². The van der Waals surface area contributed by atoms with E-state index in [2.05, 4.69) is 17.9 Å². The Kier molecular flexibility index (Phi) is 8.17. The Morgan fingerprint density at radius 3 is 2.44 bits per heavy atom. The average Bonchev–Trinajstić information content (AvgIpc) is 3.21. The van der Waals surface area contributed by atoms with Crippen molar-refractivity contribution >= 4 is 51.2 Å². The molecule has 0 bridgehead atoms. The van der Waals surface area contributed by atoms with Gasteiger partial charge in [-0.05, 0) is 48.2 Å². The number of carbonyl (C=O) groups is 3. The van der Waals surface area contributed by atoms with E-state index < -0.39 is 54.8 Å². The predicted molar refractivity (Wildman–Crippen MR) is 127 cm³/mol. The second-order valence-electron chi connectivity index (χ2n) is 7.99. The molecule has 2 atom stereocenters. The molecule has 0 radical (unpaired) electrons. The first-order valence-corrected chi connectivity index (χ1v) is 12.2. The number of benzene rings is 2. The molecular formula is C21H21N3O10S2. The highest BCUT2D eigenvalue weighted by molar-refractivity contribution is 7.96. The summed E-state index contributed by atoms with van der Waals surface area (Å²) in [5.41, 5.74) is 0.00756. The van der Waals surface area contributed by atoms with E-state index >= 15 is 0 Å². The Bertz CT molecular complexity index is 1300. The molecule has 0 unspecified atom stereocenters. The van der Waals surface area contributed by atoms with E-state index in [0.717, 1.165) is 23.1 Å². The number of amides is 2. The average molecular weight is 540 g/mol. The van der Waals surface area contributed by atoms with Crippen LogP contribution in [0, 0.1) is 16.0 Å². The fourth-order valence-corrected chi connectivity index (χ4v) is 4.47. The number of aromatic hydroxyl groups is 1. The summed E-state index contributed by atoms with van der Waals surface area (Å²) in [4.78, 5) is 48.0. The smallest absolute Gasteiger partial charge is 0.410 e. The Morgan fingerprint density at radius 2 is 1.86 bits per heavy atom. The normalized spacial score (nSPS) is 17.4. The van der Waals surface area contributed by atoms with Crippen LogP contribution in [-0.2, 0) is 31.1 Å². The molecule has 0 saturated carbocycles. The Balaban J connectivity index is 1.76. The SMILES string of the molecule is O=C(S)C[C@@H]1C[C@@H](C(=O)Nc2cc(S(=O)(=O)O)ccc2O)N(C(=O)OCc2ccc([N+](=O)[O-])cc2)C1. The molecule has 2 amide bonds. The van der Waals surface area contributed by atoms with Crippen molar-refractivity contribution in [1.82, 2.24) is 4.90 Å². The van der Waals surface area contributed by atoms with Crippen molar-refractivity contribution in [1.29, 1.82) is 0 Å². The summed E-state index contributed by atoms with van der Waals surface area (Å²) in [5.74, 6) is -1.70. The molecule has 0 spiro atoms. The van der Waals surface area contributed by atoms with E-state index in [9.17, 15) is 42.6 Å². The van der Waals surface area contributed by atoms with Gasteiger partial charge in [0.05, 0.1) is 15.5 Å². The highest BCUT2D eigenvalue weighted by atomic mass is 32.2. The minimum atomic E-state index is -4.61. The lowest BCUT2D eigenvalue weighted by atomic mass is 10.0. The number of hydrogen-bond acceptors (Lipinski definition) is 9.